The Bertz CT molecular complexity index is 824. The summed E-state index contributed by atoms with van der Waals surface area (Å²) >= 11 is 1.42. The van der Waals surface area contributed by atoms with Gasteiger partial charge in [-0.25, -0.2) is 4.98 Å². The molecule has 1 unspecified atom stereocenters. The number of para-hydroxylation sites is 1. The lowest BCUT2D eigenvalue weighted by molar-refractivity contribution is -0.126. The van der Waals surface area contributed by atoms with Gasteiger partial charge in [-0.1, -0.05) is 31.5 Å². The number of carbonyl (C=O) groups is 1. The Morgan fingerprint density at radius 2 is 2.25 bits per heavy atom. The summed E-state index contributed by atoms with van der Waals surface area (Å²) in [6.45, 7) is 4.46. The fraction of sp³-hybridized carbons (Fsp3) is 0.333. The summed E-state index contributed by atoms with van der Waals surface area (Å²) in [5, 5.41) is 6.50. The van der Waals surface area contributed by atoms with Crippen LogP contribution in [0.25, 0.3) is 22.2 Å². The molecule has 0 aliphatic rings. The Morgan fingerprint density at radius 1 is 1.42 bits per heavy atom. The second-order valence-electron chi connectivity index (χ2n) is 5.64. The maximum absolute atomic E-state index is 12.1. The number of H-pyrrole nitrogens is 1. The second kappa shape index (κ2) is 7.59. The van der Waals surface area contributed by atoms with E-state index in [4.69, 9.17) is 4.74 Å². The molecule has 1 aromatic carbocycles. The molecule has 1 amide bonds. The zero-order valence-electron chi connectivity index (χ0n) is 13.8. The Morgan fingerprint density at radius 3 is 3.08 bits per heavy atom. The van der Waals surface area contributed by atoms with E-state index in [1.807, 2.05) is 29.8 Å². The first-order valence-corrected chi connectivity index (χ1v) is 9.01. The van der Waals surface area contributed by atoms with Gasteiger partial charge in [-0.15, -0.1) is 11.3 Å². The van der Waals surface area contributed by atoms with E-state index in [9.17, 15) is 4.79 Å². The van der Waals surface area contributed by atoms with Crippen molar-refractivity contribution in [2.24, 2.45) is 0 Å². The molecule has 0 saturated carbocycles. The lowest BCUT2D eigenvalue weighted by atomic mass is 10.1. The number of anilines is 1. The first kappa shape index (κ1) is 16.7. The monoisotopic (exact) mass is 343 g/mol. The molecule has 3 rings (SSSR count). The highest BCUT2D eigenvalue weighted by Gasteiger charge is 2.16. The van der Waals surface area contributed by atoms with Gasteiger partial charge < -0.3 is 9.72 Å². The van der Waals surface area contributed by atoms with E-state index in [1.54, 1.807) is 6.92 Å². The number of hydrogen-bond donors (Lipinski definition) is 2. The molecule has 0 saturated heterocycles. The number of hydrogen-bond acceptors (Lipinski definition) is 4. The van der Waals surface area contributed by atoms with Crippen LogP contribution in [0.1, 0.15) is 26.7 Å². The number of nitrogens with zero attached hydrogens (tertiary/aromatic N) is 1. The van der Waals surface area contributed by atoms with E-state index in [2.05, 4.69) is 28.3 Å². The quantitative estimate of drug-likeness (QED) is 0.623. The number of rotatable bonds is 7. The lowest BCUT2D eigenvalue weighted by Crippen LogP contribution is -2.28. The van der Waals surface area contributed by atoms with E-state index < -0.39 is 6.10 Å². The van der Waals surface area contributed by atoms with E-state index >= 15 is 0 Å². The fourth-order valence-corrected chi connectivity index (χ4v) is 3.14. The Labute approximate surface area is 145 Å². The zero-order chi connectivity index (χ0) is 16.9. The molecular formula is C18H21N3O2S. The molecule has 0 spiro atoms. The van der Waals surface area contributed by atoms with Crippen molar-refractivity contribution in [3.05, 3.63) is 35.8 Å². The Kier molecular flexibility index (Phi) is 5.27. The first-order chi connectivity index (χ1) is 11.7. The highest BCUT2D eigenvalue weighted by atomic mass is 32.1. The van der Waals surface area contributed by atoms with Gasteiger partial charge in [-0.2, -0.15) is 0 Å². The van der Waals surface area contributed by atoms with Crippen LogP contribution in [0.2, 0.25) is 0 Å². The smallest absolute Gasteiger partial charge is 0.254 e. The molecule has 1 atom stereocenters. The molecule has 24 heavy (non-hydrogen) atoms. The normalized spacial score (nSPS) is 12.4. The molecule has 2 N–H and O–H groups in total. The number of thiazole rings is 1. The molecule has 126 valence electrons. The molecule has 3 aromatic rings. The van der Waals surface area contributed by atoms with Gasteiger partial charge in [0.2, 0.25) is 0 Å². The number of benzene rings is 1. The second-order valence-corrected chi connectivity index (χ2v) is 6.50. The molecule has 0 aliphatic heterocycles. The van der Waals surface area contributed by atoms with E-state index in [-0.39, 0.29) is 5.91 Å². The van der Waals surface area contributed by atoms with Gasteiger partial charge in [0, 0.05) is 34.7 Å². The summed E-state index contributed by atoms with van der Waals surface area (Å²) < 4.78 is 5.51. The Balaban J connectivity index is 1.68. The highest BCUT2D eigenvalue weighted by Crippen LogP contribution is 2.30. The summed E-state index contributed by atoms with van der Waals surface area (Å²) in [5.74, 6) is -0.161. The maximum Gasteiger partial charge on any atom is 0.254 e. The van der Waals surface area contributed by atoms with Crippen molar-refractivity contribution in [2.45, 2.75) is 32.8 Å². The topological polar surface area (TPSA) is 67.0 Å². The average molecular weight is 343 g/mol. The van der Waals surface area contributed by atoms with Gasteiger partial charge in [-0.05, 0) is 19.4 Å². The van der Waals surface area contributed by atoms with Crippen LogP contribution in [-0.4, -0.2) is 28.6 Å². The van der Waals surface area contributed by atoms with Crippen molar-refractivity contribution in [3.63, 3.8) is 0 Å². The summed E-state index contributed by atoms with van der Waals surface area (Å²) in [7, 11) is 0. The first-order valence-electron chi connectivity index (χ1n) is 8.13. The number of ether oxygens (including phenoxy) is 1. The predicted molar refractivity (Wildman–Crippen MR) is 98.4 cm³/mol. The highest BCUT2D eigenvalue weighted by molar-refractivity contribution is 7.14. The summed E-state index contributed by atoms with van der Waals surface area (Å²) in [6, 6.07) is 8.09. The van der Waals surface area contributed by atoms with Crippen LogP contribution < -0.4 is 5.32 Å². The summed E-state index contributed by atoms with van der Waals surface area (Å²) in [4.78, 5) is 19.9. The van der Waals surface area contributed by atoms with Gasteiger partial charge in [0.1, 0.15) is 6.10 Å². The third-order valence-corrected chi connectivity index (χ3v) is 4.59. The standard InChI is InChI=1S/C18H21N3O2S/c1-3-4-9-23-12(2)17(22)21-18-20-16(11-24-18)14-10-19-15-8-6-5-7-13(14)15/h5-8,10-12,19H,3-4,9H2,1-2H3,(H,20,21,22). The van der Waals surface area contributed by atoms with Crippen molar-refractivity contribution in [2.75, 3.05) is 11.9 Å². The number of unbranched alkanes of at least 4 members (excludes halogenated alkanes) is 1. The van der Waals surface area contributed by atoms with Crippen molar-refractivity contribution in [1.29, 1.82) is 0 Å². The minimum Gasteiger partial charge on any atom is -0.369 e. The number of aromatic nitrogens is 2. The Hall–Kier alpha value is -2.18. The number of nitrogens with one attached hydrogen (secondary N) is 2. The minimum absolute atomic E-state index is 0.161. The SMILES string of the molecule is CCCCOC(C)C(=O)Nc1nc(-c2c[nH]c3ccccc23)cs1. The van der Waals surface area contributed by atoms with Crippen LogP contribution >= 0.6 is 11.3 Å². The molecule has 6 heteroatoms. The molecular weight excluding hydrogens is 322 g/mol. The van der Waals surface area contributed by atoms with E-state index in [0.717, 1.165) is 35.0 Å². The molecule has 2 aromatic heterocycles. The zero-order valence-corrected chi connectivity index (χ0v) is 14.7. The van der Waals surface area contributed by atoms with Gasteiger partial charge in [0.05, 0.1) is 5.69 Å². The van der Waals surface area contributed by atoms with Crippen LogP contribution in [0.4, 0.5) is 5.13 Å². The van der Waals surface area contributed by atoms with E-state index in [1.165, 1.54) is 11.3 Å². The number of aromatic amines is 1. The van der Waals surface area contributed by atoms with Crippen LogP contribution in [0.5, 0.6) is 0 Å². The van der Waals surface area contributed by atoms with Crippen LogP contribution in [-0.2, 0) is 9.53 Å². The predicted octanol–water partition coefficient (Wildman–Crippen LogP) is 4.44. The minimum atomic E-state index is -0.475. The van der Waals surface area contributed by atoms with Crippen LogP contribution in [0.3, 0.4) is 0 Å². The van der Waals surface area contributed by atoms with Crippen molar-refractivity contribution >= 4 is 33.3 Å². The molecule has 0 radical (unpaired) electrons. The summed E-state index contributed by atoms with van der Waals surface area (Å²) in [5.41, 5.74) is 2.96. The molecule has 5 nitrogen and oxygen atoms in total. The molecule has 0 bridgehead atoms. The molecule has 2 heterocycles. The molecule has 0 aliphatic carbocycles. The van der Waals surface area contributed by atoms with Crippen LogP contribution in [0.15, 0.2) is 35.8 Å². The van der Waals surface area contributed by atoms with Gasteiger partial charge in [0.15, 0.2) is 5.13 Å². The van der Waals surface area contributed by atoms with Crippen molar-refractivity contribution < 1.29 is 9.53 Å². The summed E-state index contributed by atoms with van der Waals surface area (Å²) in [6.07, 6.45) is 3.48. The third-order valence-electron chi connectivity index (χ3n) is 3.83. The number of fused-ring (bicyclic) bond motifs is 1. The average Bonchev–Trinajstić information content (AvgIpc) is 3.21. The van der Waals surface area contributed by atoms with Crippen LogP contribution in [0, 0.1) is 0 Å². The third kappa shape index (κ3) is 3.66. The fourth-order valence-electron chi connectivity index (χ4n) is 2.43. The number of carbonyl (C=O) groups excluding carboxylic acids is 1. The van der Waals surface area contributed by atoms with Gasteiger partial charge in [-0.3, -0.25) is 10.1 Å². The molecule has 0 fully saturated rings. The van der Waals surface area contributed by atoms with E-state index in [0.29, 0.717) is 11.7 Å². The number of amides is 1. The van der Waals surface area contributed by atoms with Gasteiger partial charge >= 0.3 is 0 Å². The van der Waals surface area contributed by atoms with Crippen molar-refractivity contribution in [3.8, 4) is 11.3 Å². The maximum atomic E-state index is 12.1. The lowest BCUT2D eigenvalue weighted by Gasteiger charge is -2.11. The van der Waals surface area contributed by atoms with Crippen molar-refractivity contribution in [1.82, 2.24) is 9.97 Å². The largest absolute Gasteiger partial charge is 0.369 e. The van der Waals surface area contributed by atoms with Gasteiger partial charge in [0.25, 0.3) is 5.91 Å².